The molecule has 1 aliphatic rings. The van der Waals surface area contributed by atoms with Crippen molar-refractivity contribution >= 4 is 17.9 Å². The summed E-state index contributed by atoms with van der Waals surface area (Å²) < 4.78 is 0. The van der Waals surface area contributed by atoms with Gasteiger partial charge in [0.05, 0.1) is 5.56 Å². The highest BCUT2D eigenvalue weighted by Gasteiger charge is 2.16. The summed E-state index contributed by atoms with van der Waals surface area (Å²) >= 11 is 0. The molecule has 64 valence electrons. The minimum absolute atomic E-state index is 0.0394. The van der Waals surface area contributed by atoms with Crippen LogP contribution in [0.3, 0.4) is 0 Å². The van der Waals surface area contributed by atoms with Crippen LogP contribution in [0.15, 0.2) is 23.2 Å². The molecule has 0 radical (unpaired) electrons. The summed E-state index contributed by atoms with van der Waals surface area (Å²) in [7, 11) is 0. The molecule has 0 aliphatic carbocycles. The fourth-order valence-corrected chi connectivity index (χ4v) is 1.27. The van der Waals surface area contributed by atoms with Crippen LogP contribution in [0.25, 0.3) is 0 Å². The first-order chi connectivity index (χ1) is 6.18. The van der Waals surface area contributed by atoms with Crippen molar-refractivity contribution in [2.45, 2.75) is 6.92 Å². The van der Waals surface area contributed by atoms with Crippen LogP contribution in [0.1, 0.15) is 33.2 Å². The van der Waals surface area contributed by atoms with Crippen LogP contribution in [-0.4, -0.2) is 17.9 Å². The number of fused-ring (bicyclic) bond motifs is 1. The topological polar surface area (TPSA) is 46.5 Å². The molecule has 13 heavy (non-hydrogen) atoms. The summed E-state index contributed by atoms with van der Waals surface area (Å²) in [5.74, 6) is -0.305. The third-order valence-electron chi connectivity index (χ3n) is 2.01. The van der Waals surface area contributed by atoms with E-state index in [0.717, 1.165) is 5.56 Å². The minimum Gasteiger partial charge on any atom is -0.295 e. The van der Waals surface area contributed by atoms with E-state index in [1.54, 1.807) is 18.2 Å². The standard InChI is InChI=1S/C10H7NO2/c1-6(12)7-2-3-8-5-11-10(13)9(8)4-7/h2-5H,1H3. The second kappa shape index (κ2) is 2.62. The zero-order chi connectivity index (χ0) is 9.42. The predicted octanol–water partition coefficient (Wildman–Crippen LogP) is 1.46. The molecule has 0 fully saturated rings. The van der Waals surface area contributed by atoms with Gasteiger partial charge >= 0.3 is 0 Å². The molecule has 0 saturated carbocycles. The number of aliphatic imine (C=N–C) groups is 1. The number of Topliss-reactive ketones (excluding diaryl/α,β-unsaturated/α-hetero) is 1. The van der Waals surface area contributed by atoms with Gasteiger partial charge in [0.2, 0.25) is 0 Å². The van der Waals surface area contributed by atoms with Crippen molar-refractivity contribution in [3.63, 3.8) is 0 Å². The largest absolute Gasteiger partial charge is 0.295 e. The fraction of sp³-hybridized carbons (Fsp3) is 0.100. The molecule has 0 N–H and O–H groups in total. The summed E-state index contributed by atoms with van der Waals surface area (Å²) in [5, 5.41) is 0. The van der Waals surface area contributed by atoms with Gasteiger partial charge in [-0.05, 0) is 13.0 Å². The molecule has 2 rings (SSSR count). The van der Waals surface area contributed by atoms with Crippen molar-refractivity contribution in [2.24, 2.45) is 4.99 Å². The second-order valence-corrected chi connectivity index (χ2v) is 2.92. The van der Waals surface area contributed by atoms with Crippen molar-refractivity contribution in [1.29, 1.82) is 0 Å². The van der Waals surface area contributed by atoms with Crippen molar-refractivity contribution in [3.05, 3.63) is 34.9 Å². The molecule has 1 amide bonds. The zero-order valence-corrected chi connectivity index (χ0v) is 7.07. The molecule has 1 heterocycles. The Labute approximate surface area is 75.1 Å². The third kappa shape index (κ3) is 1.18. The van der Waals surface area contributed by atoms with E-state index in [2.05, 4.69) is 4.99 Å². The van der Waals surface area contributed by atoms with Gasteiger partial charge in [-0.1, -0.05) is 12.1 Å². The summed E-state index contributed by atoms with van der Waals surface area (Å²) in [6.45, 7) is 1.47. The summed E-state index contributed by atoms with van der Waals surface area (Å²) in [4.78, 5) is 25.8. The first-order valence-electron chi connectivity index (χ1n) is 3.92. The average Bonchev–Trinajstić information content (AvgIpc) is 2.47. The van der Waals surface area contributed by atoms with E-state index >= 15 is 0 Å². The second-order valence-electron chi connectivity index (χ2n) is 2.92. The molecule has 3 nitrogen and oxygen atoms in total. The van der Waals surface area contributed by atoms with Crippen LogP contribution in [-0.2, 0) is 0 Å². The van der Waals surface area contributed by atoms with Gasteiger partial charge in [0.15, 0.2) is 5.78 Å². The Balaban J connectivity index is 2.57. The summed E-state index contributed by atoms with van der Waals surface area (Å²) in [6, 6.07) is 5.03. The zero-order valence-electron chi connectivity index (χ0n) is 7.07. The van der Waals surface area contributed by atoms with E-state index in [4.69, 9.17) is 0 Å². The molecule has 0 atom stereocenters. The smallest absolute Gasteiger partial charge is 0.277 e. The molecule has 1 aromatic carbocycles. The van der Waals surface area contributed by atoms with Crippen LogP contribution in [0.2, 0.25) is 0 Å². The van der Waals surface area contributed by atoms with Crippen LogP contribution >= 0.6 is 0 Å². The molecule has 3 heteroatoms. The van der Waals surface area contributed by atoms with Gasteiger partial charge in [0.1, 0.15) is 0 Å². The Bertz CT molecular complexity index is 433. The van der Waals surface area contributed by atoms with Gasteiger partial charge in [0.25, 0.3) is 5.91 Å². The fourth-order valence-electron chi connectivity index (χ4n) is 1.27. The van der Waals surface area contributed by atoms with Gasteiger partial charge in [-0.25, -0.2) is 4.99 Å². The van der Waals surface area contributed by atoms with Gasteiger partial charge in [-0.3, -0.25) is 9.59 Å². The number of ketones is 1. The van der Waals surface area contributed by atoms with Crippen molar-refractivity contribution < 1.29 is 9.59 Å². The number of amides is 1. The first kappa shape index (κ1) is 7.86. The highest BCUT2D eigenvalue weighted by Crippen LogP contribution is 2.16. The molecular weight excluding hydrogens is 166 g/mol. The van der Waals surface area contributed by atoms with E-state index < -0.39 is 0 Å². The number of benzene rings is 1. The van der Waals surface area contributed by atoms with Crippen molar-refractivity contribution in [3.8, 4) is 0 Å². The van der Waals surface area contributed by atoms with Crippen LogP contribution in [0.5, 0.6) is 0 Å². The van der Waals surface area contributed by atoms with Crippen LogP contribution in [0, 0.1) is 0 Å². The van der Waals surface area contributed by atoms with E-state index in [1.807, 2.05) is 0 Å². The third-order valence-corrected chi connectivity index (χ3v) is 2.01. The lowest BCUT2D eigenvalue weighted by Crippen LogP contribution is -1.97. The lowest BCUT2D eigenvalue weighted by atomic mass is 10.0. The highest BCUT2D eigenvalue weighted by atomic mass is 16.1. The van der Waals surface area contributed by atoms with Crippen molar-refractivity contribution in [2.75, 3.05) is 0 Å². The molecule has 0 bridgehead atoms. The summed E-state index contributed by atoms with van der Waals surface area (Å²) in [6.07, 6.45) is 1.52. The maximum Gasteiger partial charge on any atom is 0.277 e. The Kier molecular flexibility index (Phi) is 1.59. The number of hydrogen-bond acceptors (Lipinski definition) is 2. The van der Waals surface area contributed by atoms with Crippen molar-refractivity contribution in [1.82, 2.24) is 0 Å². The molecule has 0 unspecified atom stereocenters. The Hall–Kier alpha value is -1.77. The molecule has 0 spiro atoms. The lowest BCUT2D eigenvalue weighted by molar-refractivity contribution is 0.101. The van der Waals surface area contributed by atoms with Crippen LogP contribution < -0.4 is 0 Å². The SMILES string of the molecule is CC(=O)c1ccc2c(c1)C(=O)N=C2. The monoisotopic (exact) mass is 173 g/mol. The van der Waals surface area contributed by atoms with E-state index in [1.165, 1.54) is 13.1 Å². The quantitative estimate of drug-likeness (QED) is 0.603. The average molecular weight is 173 g/mol. The van der Waals surface area contributed by atoms with Gasteiger partial charge < -0.3 is 0 Å². The summed E-state index contributed by atoms with van der Waals surface area (Å²) in [5.41, 5.74) is 1.86. The lowest BCUT2D eigenvalue weighted by Gasteiger charge is -1.98. The number of carbonyl (C=O) groups is 2. The molecule has 0 aromatic heterocycles. The molecule has 1 aromatic rings. The first-order valence-corrected chi connectivity index (χ1v) is 3.92. The number of carbonyl (C=O) groups excluding carboxylic acids is 2. The number of hydrogen-bond donors (Lipinski definition) is 0. The van der Waals surface area contributed by atoms with E-state index in [-0.39, 0.29) is 11.7 Å². The van der Waals surface area contributed by atoms with E-state index in [9.17, 15) is 9.59 Å². The maximum atomic E-state index is 11.1. The number of nitrogens with zero attached hydrogens (tertiary/aromatic N) is 1. The predicted molar refractivity (Wildman–Crippen MR) is 48.4 cm³/mol. The highest BCUT2D eigenvalue weighted by molar-refractivity contribution is 6.14. The van der Waals surface area contributed by atoms with Gasteiger partial charge in [-0.15, -0.1) is 0 Å². The normalized spacial score (nSPS) is 13.2. The van der Waals surface area contributed by atoms with Gasteiger partial charge in [0, 0.05) is 17.3 Å². The molecule has 0 saturated heterocycles. The maximum absolute atomic E-state index is 11.1. The van der Waals surface area contributed by atoms with E-state index in [0.29, 0.717) is 11.1 Å². The van der Waals surface area contributed by atoms with Gasteiger partial charge in [-0.2, -0.15) is 0 Å². The Morgan fingerprint density at radius 1 is 1.38 bits per heavy atom. The Morgan fingerprint density at radius 3 is 2.85 bits per heavy atom. The molecular formula is C10H7NO2. The van der Waals surface area contributed by atoms with Crippen LogP contribution in [0.4, 0.5) is 0 Å². The number of rotatable bonds is 1. The Morgan fingerprint density at radius 2 is 2.15 bits per heavy atom. The minimum atomic E-state index is -0.266. The molecule has 1 aliphatic heterocycles.